The zero-order chi connectivity index (χ0) is 8.06. The fourth-order valence-corrected chi connectivity index (χ4v) is 1.73. The minimum atomic E-state index is -0.792. The van der Waals surface area contributed by atoms with Crippen LogP contribution in [0.3, 0.4) is 0 Å². The van der Waals surface area contributed by atoms with Crippen LogP contribution >= 0.6 is 0 Å². The second-order valence-corrected chi connectivity index (χ2v) is 3.39. The van der Waals surface area contributed by atoms with Gasteiger partial charge in [0.1, 0.15) is 11.7 Å². The zero-order valence-electron chi connectivity index (χ0n) is 6.58. The van der Waals surface area contributed by atoms with Gasteiger partial charge in [0.15, 0.2) is 0 Å². The molecular formula is C9H12O2. The summed E-state index contributed by atoms with van der Waals surface area (Å²) in [6.45, 7) is 5.61. The van der Waals surface area contributed by atoms with E-state index in [4.69, 9.17) is 4.74 Å². The predicted molar refractivity (Wildman–Crippen MR) is 42.2 cm³/mol. The van der Waals surface area contributed by atoms with Crippen LogP contribution in [0.4, 0.5) is 0 Å². The maximum absolute atomic E-state index is 9.98. The molecule has 2 rings (SSSR count). The lowest BCUT2D eigenvalue weighted by atomic mass is 9.84. The number of fused-ring (bicyclic) bond motifs is 2. The summed E-state index contributed by atoms with van der Waals surface area (Å²) >= 11 is 0. The molecule has 0 spiro atoms. The Morgan fingerprint density at radius 2 is 2.45 bits per heavy atom. The van der Waals surface area contributed by atoms with Gasteiger partial charge in [-0.25, -0.2) is 0 Å². The van der Waals surface area contributed by atoms with E-state index in [0.29, 0.717) is 6.42 Å². The molecule has 2 aliphatic heterocycles. The average Bonchev–Trinajstić information content (AvgIpc) is 2.45. The molecule has 2 aliphatic rings. The van der Waals surface area contributed by atoms with E-state index in [9.17, 15) is 5.11 Å². The fraction of sp³-hybridized carbons (Fsp3) is 0.556. The van der Waals surface area contributed by atoms with Crippen LogP contribution in [0.1, 0.15) is 13.3 Å². The van der Waals surface area contributed by atoms with Crippen molar-refractivity contribution in [3.05, 3.63) is 24.3 Å². The Bertz CT molecular complexity index is 232. The summed E-state index contributed by atoms with van der Waals surface area (Å²) < 4.78 is 5.43. The van der Waals surface area contributed by atoms with Crippen molar-refractivity contribution in [3.8, 4) is 0 Å². The van der Waals surface area contributed by atoms with Crippen molar-refractivity contribution in [2.45, 2.75) is 31.2 Å². The standard InChI is InChI=1S/C9H12O2/c1-6(2)9(10)5-7-3-4-8(9)11-7/h3-4,7-8,10H,1,5H2,2H3/t7-,8+,9-/m0/s1. The molecule has 0 aromatic heterocycles. The number of ether oxygens (including phenoxy) is 1. The van der Waals surface area contributed by atoms with Gasteiger partial charge in [0.25, 0.3) is 0 Å². The van der Waals surface area contributed by atoms with E-state index in [1.165, 1.54) is 0 Å². The van der Waals surface area contributed by atoms with Crippen LogP contribution in [0.5, 0.6) is 0 Å². The van der Waals surface area contributed by atoms with Crippen LogP contribution in [0.2, 0.25) is 0 Å². The van der Waals surface area contributed by atoms with Gasteiger partial charge >= 0.3 is 0 Å². The Labute approximate surface area is 66.2 Å². The molecule has 0 radical (unpaired) electrons. The first-order chi connectivity index (χ1) is 5.13. The van der Waals surface area contributed by atoms with Crippen LogP contribution in [-0.4, -0.2) is 22.9 Å². The molecule has 2 bridgehead atoms. The van der Waals surface area contributed by atoms with Gasteiger partial charge in [-0.05, 0) is 12.5 Å². The molecule has 1 fully saturated rings. The van der Waals surface area contributed by atoms with E-state index in [1.54, 1.807) is 0 Å². The van der Waals surface area contributed by atoms with Gasteiger partial charge in [0.05, 0.1) is 6.10 Å². The van der Waals surface area contributed by atoms with Crippen LogP contribution in [0.25, 0.3) is 0 Å². The van der Waals surface area contributed by atoms with E-state index >= 15 is 0 Å². The van der Waals surface area contributed by atoms with Crippen molar-refractivity contribution in [2.24, 2.45) is 0 Å². The summed E-state index contributed by atoms with van der Waals surface area (Å²) in [6.07, 6.45) is 4.56. The van der Waals surface area contributed by atoms with Gasteiger partial charge < -0.3 is 9.84 Å². The minimum absolute atomic E-state index is 0.113. The molecule has 0 aliphatic carbocycles. The van der Waals surface area contributed by atoms with E-state index in [1.807, 2.05) is 19.1 Å². The molecule has 0 saturated carbocycles. The van der Waals surface area contributed by atoms with Gasteiger partial charge in [0.2, 0.25) is 0 Å². The summed E-state index contributed by atoms with van der Waals surface area (Å²) in [5.41, 5.74) is 0.00808. The van der Waals surface area contributed by atoms with Gasteiger partial charge in [-0.3, -0.25) is 0 Å². The molecule has 0 amide bonds. The average molecular weight is 152 g/mol. The highest BCUT2D eigenvalue weighted by molar-refractivity contribution is 5.27. The SMILES string of the molecule is C=C(C)[C@@]1(O)C[C@@H]2C=C[C@H]1O2. The molecule has 60 valence electrons. The van der Waals surface area contributed by atoms with Crippen molar-refractivity contribution >= 4 is 0 Å². The normalized spacial score (nSPS) is 46.7. The largest absolute Gasteiger partial charge is 0.382 e. The monoisotopic (exact) mass is 152 g/mol. The van der Waals surface area contributed by atoms with E-state index in [0.717, 1.165) is 5.57 Å². The Kier molecular flexibility index (Phi) is 1.26. The van der Waals surface area contributed by atoms with Gasteiger partial charge in [-0.1, -0.05) is 18.7 Å². The van der Waals surface area contributed by atoms with Crippen molar-refractivity contribution in [3.63, 3.8) is 0 Å². The molecular weight excluding hydrogens is 140 g/mol. The lowest BCUT2D eigenvalue weighted by Crippen LogP contribution is -2.38. The Hall–Kier alpha value is -0.600. The lowest BCUT2D eigenvalue weighted by molar-refractivity contribution is 0.0163. The van der Waals surface area contributed by atoms with E-state index < -0.39 is 5.60 Å². The van der Waals surface area contributed by atoms with Gasteiger partial charge in [-0.15, -0.1) is 0 Å². The summed E-state index contributed by atoms with van der Waals surface area (Å²) in [6, 6.07) is 0. The number of hydrogen-bond donors (Lipinski definition) is 1. The maximum atomic E-state index is 9.98. The molecule has 1 saturated heterocycles. The Morgan fingerprint density at radius 1 is 1.73 bits per heavy atom. The highest BCUT2D eigenvalue weighted by Crippen LogP contribution is 2.40. The summed E-state index contributed by atoms with van der Waals surface area (Å²) in [4.78, 5) is 0. The van der Waals surface area contributed by atoms with Gasteiger partial charge in [-0.2, -0.15) is 0 Å². The molecule has 0 unspecified atom stereocenters. The first-order valence-corrected chi connectivity index (χ1v) is 3.85. The lowest BCUT2D eigenvalue weighted by Gasteiger charge is -2.27. The number of aliphatic hydroxyl groups is 1. The fourth-order valence-electron chi connectivity index (χ4n) is 1.73. The third kappa shape index (κ3) is 0.798. The van der Waals surface area contributed by atoms with Crippen molar-refractivity contribution in [2.75, 3.05) is 0 Å². The Balaban J connectivity index is 2.30. The highest BCUT2D eigenvalue weighted by Gasteiger charge is 2.48. The smallest absolute Gasteiger partial charge is 0.118 e. The Morgan fingerprint density at radius 3 is 2.73 bits per heavy atom. The predicted octanol–water partition coefficient (Wildman–Crippen LogP) is 1.02. The van der Waals surface area contributed by atoms with Crippen LogP contribution in [0.15, 0.2) is 24.3 Å². The first kappa shape index (κ1) is 7.07. The molecule has 0 aromatic rings. The minimum Gasteiger partial charge on any atom is -0.382 e. The molecule has 3 atom stereocenters. The topological polar surface area (TPSA) is 29.5 Å². The van der Waals surface area contributed by atoms with Gasteiger partial charge in [0, 0.05) is 6.42 Å². The van der Waals surface area contributed by atoms with Crippen molar-refractivity contribution in [1.29, 1.82) is 0 Å². The summed E-state index contributed by atoms with van der Waals surface area (Å²) in [5, 5.41) is 9.98. The zero-order valence-corrected chi connectivity index (χ0v) is 6.58. The maximum Gasteiger partial charge on any atom is 0.118 e. The quantitative estimate of drug-likeness (QED) is 0.568. The molecule has 2 nitrogen and oxygen atoms in total. The van der Waals surface area contributed by atoms with E-state index in [2.05, 4.69) is 6.58 Å². The number of rotatable bonds is 1. The third-order valence-corrected chi connectivity index (χ3v) is 2.54. The van der Waals surface area contributed by atoms with Crippen molar-refractivity contribution in [1.82, 2.24) is 0 Å². The van der Waals surface area contributed by atoms with Crippen LogP contribution in [-0.2, 0) is 4.74 Å². The second-order valence-electron chi connectivity index (χ2n) is 3.39. The molecule has 2 heterocycles. The summed E-state index contributed by atoms with van der Waals surface area (Å²) in [7, 11) is 0. The second kappa shape index (κ2) is 1.96. The van der Waals surface area contributed by atoms with Crippen molar-refractivity contribution < 1.29 is 9.84 Å². The first-order valence-electron chi connectivity index (χ1n) is 3.85. The number of hydrogen-bond acceptors (Lipinski definition) is 2. The van der Waals surface area contributed by atoms with Crippen LogP contribution < -0.4 is 0 Å². The molecule has 2 heteroatoms. The molecule has 0 aromatic carbocycles. The van der Waals surface area contributed by atoms with Crippen LogP contribution in [0, 0.1) is 0 Å². The molecule has 11 heavy (non-hydrogen) atoms. The third-order valence-electron chi connectivity index (χ3n) is 2.54. The molecule has 1 N–H and O–H groups in total. The highest BCUT2D eigenvalue weighted by atomic mass is 16.5. The van der Waals surface area contributed by atoms with E-state index in [-0.39, 0.29) is 12.2 Å². The summed E-state index contributed by atoms with van der Waals surface area (Å²) in [5.74, 6) is 0.